The number of carbonyl (C=O) groups excluding carboxylic acids is 1. The Morgan fingerprint density at radius 1 is 1.37 bits per heavy atom. The second kappa shape index (κ2) is 8.62. The molecular weight excluding hydrogens is 414 g/mol. The Balaban J connectivity index is 1.61. The number of aromatic nitrogens is 2. The third-order valence-corrected chi connectivity index (χ3v) is 8.05. The van der Waals surface area contributed by atoms with Crippen LogP contribution in [0.5, 0.6) is 0 Å². The summed E-state index contributed by atoms with van der Waals surface area (Å²) in [7, 11) is -1.13. The summed E-state index contributed by atoms with van der Waals surface area (Å²) in [5.41, 5.74) is 4.41. The molecule has 1 fully saturated rings. The summed E-state index contributed by atoms with van der Waals surface area (Å²) in [5, 5.41) is 13.5. The first-order chi connectivity index (χ1) is 14.3. The molecule has 2 aromatic heterocycles. The van der Waals surface area contributed by atoms with Gasteiger partial charge in [0.15, 0.2) is 0 Å². The summed E-state index contributed by atoms with van der Waals surface area (Å²) in [6.45, 7) is 8.25. The minimum atomic E-state index is -1.13. The molecule has 0 radical (unpaired) electrons. The number of aliphatic hydroxyl groups excluding tert-OH is 1. The zero-order valence-corrected chi connectivity index (χ0v) is 19.5. The Morgan fingerprint density at radius 2 is 2.17 bits per heavy atom. The number of fused-ring (bicyclic) bond motifs is 1. The summed E-state index contributed by atoms with van der Waals surface area (Å²) < 4.78 is 8.02. The van der Waals surface area contributed by atoms with Crippen LogP contribution in [0.2, 0.25) is 25.7 Å². The van der Waals surface area contributed by atoms with Gasteiger partial charge in [0, 0.05) is 44.1 Å². The number of aliphatic hydroxyl groups is 1. The SMILES string of the molecule is C[Si](C)(C)CCOCn1ccc2c(C(=O)N[C@H]3C[C@H](O)C3)cc(-c3cncs3)cc21. The lowest BCUT2D eigenvalue weighted by Gasteiger charge is -2.32. The van der Waals surface area contributed by atoms with Crippen molar-refractivity contribution in [2.24, 2.45) is 0 Å². The summed E-state index contributed by atoms with van der Waals surface area (Å²) >= 11 is 1.56. The van der Waals surface area contributed by atoms with Gasteiger partial charge < -0.3 is 19.7 Å². The van der Waals surface area contributed by atoms with Crippen LogP contribution >= 0.6 is 11.3 Å². The van der Waals surface area contributed by atoms with Crippen molar-refractivity contribution in [1.29, 1.82) is 0 Å². The fraction of sp³-hybridized carbons (Fsp3) is 0.455. The first kappa shape index (κ1) is 21.2. The van der Waals surface area contributed by atoms with Crippen LogP contribution in [0, 0.1) is 0 Å². The quantitative estimate of drug-likeness (QED) is 0.401. The first-order valence-electron chi connectivity index (χ1n) is 10.4. The molecular formula is C22H29N3O3SSi. The highest BCUT2D eigenvalue weighted by atomic mass is 32.1. The Morgan fingerprint density at radius 3 is 2.83 bits per heavy atom. The fourth-order valence-electron chi connectivity index (χ4n) is 3.61. The number of ether oxygens (including phenoxy) is 1. The van der Waals surface area contributed by atoms with E-state index in [-0.39, 0.29) is 18.1 Å². The molecule has 30 heavy (non-hydrogen) atoms. The molecule has 1 amide bonds. The summed E-state index contributed by atoms with van der Waals surface area (Å²) in [6, 6.07) is 7.20. The molecule has 0 aliphatic heterocycles. The molecule has 4 rings (SSSR count). The zero-order chi connectivity index (χ0) is 21.3. The Labute approximate surface area is 181 Å². The maximum atomic E-state index is 13.0. The largest absolute Gasteiger partial charge is 0.393 e. The number of thiazole rings is 1. The van der Waals surface area contributed by atoms with Crippen LogP contribution in [0.15, 0.2) is 36.1 Å². The molecule has 2 heterocycles. The van der Waals surface area contributed by atoms with Crippen LogP contribution in [0.1, 0.15) is 23.2 Å². The smallest absolute Gasteiger partial charge is 0.252 e. The molecule has 1 aliphatic carbocycles. The molecule has 2 N–H and O–H groups in total. The van der Waals surface area contributed by atoms with E-state index in [2.05, 4.69) is 40.6 Å². The molecule has 1 saturated carbocycles. The lowest BCUT2D eigenvalue weighted by Crippen LogP contribution is -2.46. The highest BCUT2D eigenvalue weighted by molar-refractivity contribution is 7.13. The van der Waals surface area contributed by atoms with Gasteiger partial charge >= 0.3 is 0 Å². The van der Waals surface area contributed by atoms with E-state index in [4.69, 9.17) is 4.74 Å². The van der Waals surface area contributed by atoms with Crippen molar-refractivity contribution in [3.8, 4) is 10.4 Å². The molecule has 8 heteroatoms. The van der Waals surface area contributed by atoms with Crippen LogP contribution in [-0.4, -0.2) is 47.4 Å². The minimum Gasteiger partial charge on any atom is -0.393 e. The van der Waals surface area contributed by atoms with Crippen LogP contribution < -0.4 is 5.32 Å². The van der Waals surface area contributed by atoms with Gasteiger partial charge in [0.25, 0.3) is 5.91 Å². The van der Waals surface area contributed by atoms with Crippen molar-refractivity contribution in [1.82, 2.24) is 14.9 Å². The topological polar surface area (TPSA) is 76.4 Å². The first-order valence-corrected chi connectivity index (χ1v) is 15.0. The summed E-state index contributed by atoms with van der Waals surface area (Å²) in [4.78, 5) is 18.2. The van der Waals surface area contributed by atoms with Crippen LogP contribution in [0.3, 0.4) is 0 Å². The van der Waals surface area contributed by atoms with Gasteiger partial charge in [-0.1, -0.05) is 19.6 Å². The Hall–Kier alpha value is -2.00. The number of hydrogen-bond donors (Lipinski definition) is 2. The van der Waals surface area contributed by atoms with Gasteiger partial charge in [-0.2, -0.15) is 0 Å². The van der Waals surface area contributed by atoms with E-state index in [0.717, 1.165) is 34.0 Å². The maximum absolute atomic E-state index is 13.0. The second-order valence-corrected chi connectivity index (χ2v) is 15.8. The van der Waals surface area contributed by atoms with Gasteiger partial charge in [0.05, 0.1) is 22.0 Å². The summed E-state index contributed by atoms with van der Waals surface area (Å²) in [6.07, 6.45) is 4.76. The van der Waals surface area contributed by atoms with Gasteiger partial charge in [-0.15, -0.1) is 11.3 Å². The molecule has 0 spiro atoms. The average Bonchev–Trinajstić information content (AvgIpc) is 3.32. The Bertz CT molecular complexity index is 1020. The van der Waals surface area contributed by atoms with Gasteiger partial charge in [-0.3, -0.25) is 9.78 Å². The van der Waals surface area contributed by atoms with Crippen molar-refractivity contribution in [3.05, 3.63) is 41.7 Å². The van der Waals surface area contributed by atoms with E-state index in [0.29, 0.717) is 25.1 Å². The molecule has 0 unspecified atom stereocenters. The van der Waals surface area contributed by atoms with Crippen molar-refractivity contribution in [3.63, 3.8) is 0 Å². The minimum absolute atomic E-state index is 0.0431. The van der Waals surface area contributed by atoms with E-state index in [1.165, 1.54) is 0 Å². The zero-order valence-electron chi connectivity index (χ0n) is 17.7. The highest BCUT2D eigenvalue weighted by Crippen LogP contribution is 2.31. The fourth-order valence-corrected chi connectivity index (χ4v) is 4.97. The van der Waals surface area contributed by atoms with Crippen molar-refractivity contribution in [2.75, 3.05) is 6.61 Å². The van der Waals surface area contributed by atoms with E-state index in [1.54, 1.807) is 16.8 Å². The molecule has 160 valence electrons. The number of carbonyl (C=O) groups is 1. The van der Waals surface area contributed by atoms with Gasteiger partial charge in [-0.05, 0) is 42.6 Å². The third-order valence-electron chi connectivity index (χ3n) is 5.53. The van der Waals surface area contributed by atoms with Gasteiger partial charge in [-0.25, -0.2) is 0 Å². The number of nitrogens with zero attached hydrogens (tertiary/aromatic N) is 2. The molecule has 6 nitrogen and oxygen atoms in total. The van der Waals surface area contributed by atoms with E-state index < -0.39 is 8.07 Å². The lowest BCUT2D eigenvalue weighted by molar-refractivity contribution is 0.0563. The van der Waals surface area contributed by atoms with Crippen LogP contribution in [0.25, 0.3) is 21.3 Å². The van der Waals surface area contributed by atoms with Gasteiger partial charge in [0.1, 0.15) is 6.73 Å². The normalized spacial score (nSPS) is 19.1. The molecule has 3 aromatic rings. The molecule has 0 atom stereocenters. The molecule has 1 aliphatic rings. The number of benzene rings is 1. The van der Waals surface area contributed by atoms with Crippen molar-refractivity contribution >= 4 is 36.2 Å². The van der Waals surface area contributed by atoms with Crippen LogP contribution in [-0.2, 0) is 11.5 Å². The monoisotopic (exact) mass is 443 g/mol. The van der Waals surface area contributed by atoms with Gasteiger partial charge in [0.2, 0.25) is 0 Å². The molecule has 0 saturated heterocycles. The van der Waals surface area contributed by atoms with Crippen molar-refractivity contribution < 1.29 is 14.6 Å². The lowest BCUT2D eigenvalue weighted by atomic mass is 9.89. The number of nitrogens with one attached hydrogen (secondary N) is 1. The average molecular weight is 444 g/mol. The van der Waals surface area contributed by atoms with Crippen LogP contribution in [0.4, 0.5) is 0 Å². The second-order valence-electron chi connectivity index (χ2n) is 9.25. The van der Waals surface area contributed by atoms with E-state index in [9.17, 15) is 9.90 Å². The highest BCUT2D eigenvalue weighted by Gasteiger charge is 2.29. The Kier molecular flexibility index (Phi) is 6.10. The number of amides is 1. The predicted octanol–water partition coefficient (Wildman–Crippen LogP) is 4.33. The van der Waals surface area contributed by atoms with E-state index >= 15 is 0 Å². The third kappa shape index (κ3) is 4.83. The van der Waals surface area contributed by atoms with Crippen molar-refractivity contribution in [2.45, 2.75) is 57.4 Å². The van der Waals surface area contributed by atoms with E-state index in [1.807, 2.05) is 24.5 Å². The summed E-state index contributed by atoms with van der Waals surface area (Å²) in [5.74, 6) is -0.0966. The molecule has 0 bridgehead atoms. The predicted molar refractivity (Wildman–Crippen MR) is 124 cm³/mol. The standard InChI is InChI=1S/C22H29N3O3SSi/c1-30(2,3)7-6-28-14-25-5-4-18-19(22(27)24-16-10-17(26)11-16)8-15(9-20(18)25)21-12-23-13-29-21/h4-5,8-9,12-13,16-17,26H,6-7,10-11,14H2,1-3H3,(H,24,27)/t16-,17-. The number of rotatable bonds is 8. The molecule has 1 aromatic carbocycles. The number of hydrogen-bond acceptors (Lipinski definition) is 5. The maximum Gasteiger partial charge on any atom is 0.252 e.